The van der Waals surface area contributed by atoms with Crippen LogP contribution in [0.15, 0.2) is 134 Å². The van der Waals surface area contributed by atoms with Gasteiger partial charge >= 0.3 is 11.6 Å². The fourth-order valence-electron chi connectivity index (χ4n) is 5.75. The lowest BCUT2D eigenvalue weighted by molar-refractivity contribution is -0.140. The molecule has 5 aromatic rings. The number of ether oxygens (including phenoxy) is 2. The summed E-state index contributed by atoms with van der Waals surface area (Å²) in [6.45, 7) is 5.82. The molecule has 0 unspecified atom stereocenters. The number of anilines is 3. The molecule has 0 aliphatic carbocycles. The minimum atomic E-state index is -0.737. The number of fused-ring (bicyclic) bond motifs is 1. The van der Waals surface area contributed by atoms with Gasteiger partial charge in [-0.15, -0.1) is 0 Å². The number of hydrogen-bond acceptors (Lipinski definition) is 12. The summed E-state index contributed by atoms with van der Waals surface area (Å²) in [6.07, 6.45) is 4.48. The van der Waals surface area contributed by atoms with Gasteiger partial charge in [0.15, 0.2) is 0 Å². The molecular formula is C45H48N6O8. The predicted molar refractivity (Wildman–Crippen MR) is 230 cm³/mol. The van der Waals surface area contributed by atoms with E-state index in [0.717, 1.165) is 30.2 Å². The first-order valence-corrected chi connectivity index (χ1v) is 19.1. The van der Waals surface area contributed by atoms with Gasteiger partial charge < -0.3 is 39.4 Å². The minimum Gasteiger partial charge on any atom is -0.460 e. The van der Waals surface area contributed by atoms with Gasteiger partial charge in [0.25, 0.3) is 11.8 Å². The van der Waals surface area contributed by atoms with Crippen molar-refractivity contribution in [2.45, 2.75) is 13.8 Å². The molecule has 5 rings (SSSR count). The first kappa shape index (κ1) is 43.2. The van der Waals surface area contributed by atoms with Gasteiger partial charge in [0.1, 0.15) is 17.8 Å². The zero-order chi connectivity index (χ0) is 42.1. The summed E-state index contributed by atoms with van der Waals surface area (Å²) in [5.41, 5.74) is 4.61. The SMILES string of the molecule is CCN(CC)c1ccc2cc(C(=O)Nc3ccc(/C=C/C(=C\CO)C(=O)OCCOCCNC(=O)c4ccc(N=Nc5ccc(N(C)C)cc5)cc4)cc3)c(=O)oc2c1. The summed E-state index contributed by atoms with van der Waals surface area (Å²) in [7, 11) is 3.93. The van der Waals surface area contributed by atoms with E-state index in [1.807, 2.05) is 69.2 Å². The van der Waals surface area contributed by atoms with Crippen LogP contribution < -0.4 is 26.1 Å². The van der Waals surface area contributed by atoms with Gasteiger partial charge in [0.05, 0.1) is 36.8 Å². The van der Waals surface area contributed by atoms with Crippen LogP contribution in [-0.2, 0) is 14.3 Å². The number of aliphatic hydroxyl groups excluding tert-OH is 1. The van der Waals surface area contributed by atoms with Gasteiger partial charge in [-0.1, -0.05) is 18.2 Å². The number of carbonyl (C=O) groups is 3. The highest BCUT2D eigenvalue weighted by Gasteiger charge is 2.15. The van der Waals surface area contributed by atoms with Crippen LogP contribution in [0, 0.1) is 0 Å². The Morgan fingerprint density at radius 3 is 2.10 bits per heavy atom. The average molecular weight is 801 g/mol. The number of hydrogen-bond donors (Lipinski definition) is 3. The maximum atomic E-state index is 13.0. The first-order valence-electron chi connectivity index (χ1n) is 19.1. The second-order valence-corrected chi connectivity index (χ2v) is 13.3. The van der Waals surface area contributed by atoms with E-state index in [1.165, 1.54) is 18.2 Å². The van der Waals surface area contributed by atoms with Crippen molar-refractivity contribution in [1.82, 2.24) is 5.32 Å². The summed E-state index contributed by atoms with van der Waals surface area (Å²) in [6, 6.07) is 28.2. The number of benzene rings is 4. The minimum absolute atomic E-state index is 0.0412. The van der Waals surface area contributed by atoms with Crippen LogP contribution in [0.5, 0.6) is 0 Å². The monoisotopic (exact) mass is 800 g/mol. The summed E-state index contributed by atoms with van der Waals surface area (Å²) >= 11 is 0. The third-order valence-electron chi connectivity index (χ3n) is 9.03. The molecule has 0 saturated heterocycles. The zero-order valence-electron chi connectivity index (χ0n) is 33.5. The summed E-state index contributed by atoms with van der Waals surface area (Å²) in [4.78, 5) is 55.1. The maximum Gasteiger partial charge on any atom is 0.349 e. The Morgan fingerprint density at radius 1 is 0.797 bits per heavy atom. The third-order valence-corrected chi connectivity index (χ3v) is 9.03. The lowest BCUT2D eigenvalue weighted by atomic mass is 10.1. The van der Waals surface area contributed by atoms with Crippen molar-refractivity contribution in [3.8, 4) is 0 Å². The van der Waals surface area contributed by atoms with Crippen LogP contribution in [0.25, 0.3) is 17.0 Å². The topological polar surface area (TPSA) is 175 Å². The van der Waals surface area contributed by atoms with E-state index in [0.29, 0.717) is 33.5 Å². The second-order valence-electron chi connectivity index (χ2n) is 13.3. The molecule has 0 fully saturated rings. The van der Waals surface area contributed by atoms with Crippen LogP contribution in [0.1, 0.15) is 40.1 Å². The first-order chi connectivity index (χ1) is 28.6. The Morgan fingerprint density at radius 2 is 1.46 bits per heavy atom. The van der Waals surface area contributed by atoms with Crippen LogP contribution in [0.4, 0.5) is 28.4 Å². The average Bonchev–Trinajstić information content (AvgIpc) is 3.24. The Kier molecular flexibility index (Phi) is 15.8. The molecule has 0 aliphatic rings. The molecule has 0 aliphatic heterocycles. The maximum absolute atomic E-state index is 13.0. The highest BCUT2D eigenvalue weighted by atomic mass is 16.6. The van der Waals surface area contributed by atoms with E-state index in [4.69, 9.17) is 13.9 Å². The van der Waals surface area contributed by atoms with Gasteiger partial charge in [-0.3, -0.25) is 9.59 Å². The number of aliphatic hydroxyl groups is 1. The third kappa shape index (κ3) is 12.5. The molecular weight excluding hydrogens is 753 g/mol. The molecule has 14 heteroatoms. The fourth-order valence-corrected chi connectivity index (χ4v) is 5.75. The van der Waals surface area contributed by atoms with Crippen molar-refractivity contribution in [1.29, 1.82) is 0 Å². The van der Waals surface area contributed by atoms with Gasteiger partial charge in [0.2, 0.25) is 0 Å². The highest BCUT2D eigenvalue weighted by molar-refractivity contribution is 6.05. The molecule has 306 valence electrons. The van der Waals surface area contributed by atoms with Gasteiger partial charge in [-0.25, -0.2) is 9.59 Å². The smallest absolute Gasteiger partial charge is 0.349 e. The van der Waals surface area contributed by atoms with Gasteiger partial charge in [-0.2, -0.15) is 10.2 Å². The van der Waals surface area contributed by atoms with E-state index in [9.17, 15) is 24.3 Å². The lowest BCUT2D eigenvalue weighted by Crippen LogP contribution is -2.27. The molecule has 4 aromatic carbocycles. The van der Waals surface area contributed by atoms with Crippen molar-refractivity contribution in [3.05, 3.63) is 142 Å². The van der Waals surface area contributed by atoms with E-state index in [2.05, 4.69) is 25.8 Å². The standard InChI is InChI=1S/C45H48N6O8/c1-5-51(6-2)39-20-13-34-29-40(45(56)59-41(34)30-39)43(54)47-35-14-8-31(9-15-35)7-10-33(23-25-52)44(55)58-28-27-57-26-24-46-42(53)32-11-16-36(17-12-32)48-49-37-18-21-38(22-19-37)50(3)4/h7-23,29-30,52H,5-6,24-28H2,1-4H3,(H,46,53)(H,47,54)/b10-7+,33-23+,49-48?. The van der Waals surface area contributed by atoms with Crippen molar-refractivity contribution >= 4 is 63.3 Å². The second kappa shape index (κ2) is 21.6. The summed E-state index contributed by atoms with van der Waals surface area (Å²) in [5.74, 6) is -1.53. The van der Waals surface area contributed by atoms with Crippen LogP contribution >= 0.6 is 0 Å². The zero-order valence-corrected chi connectivity index (χ0v) is 33.5. The molecule has 0 saturated carbocycles. The van der Waals surface area contributed by atoms with Crippen LogP contribution in [0.3, 0.4) is 0 Å². The molecule has 0 bridgehead atoms. The van der Waals surface area contributed by atoms with Crippen LogP contribution in [0.2, 0.25) is 0 Å². The Labute approximate surface area is 342 Å². The van der Waals surface area contributed by atoms with Gasteiger partial charge in [0, 0.05) is 67.8 Å². The van der Waals surface area contributed by atoms with Crippen molar-refractivity contribution < 1.29 is 33.4 Å². The summed E-state index contributed by atoms with van der Waals surface area (Å²) < 4.78 is 16.3. The number of nitrogens with one attached hydrogen (secondary N) is 2. The molecule has 0 spiro atoms. The number of amides is 2. The molecule has 1 heterocycles. The number of rotatable bonds is 19. The molecule has 14 nitrogen and oxygen atoms in total. The number of nitrogens with zero attached hydrogens (tertiary/aromatic N) is 4. The molecule has 1 aromatic heterocycles. The number of esters is 1. The van der Waals surface area contributed by atoms with Crippen LogP contribution in [-0.4, -0.2) is 83.0 Å². The number of azo groups is 1. The Bertz CT molecular complexity index is 2350. The van der Waals surface area contributed by atoms with E-state index in [-0.39, 0.29) is 50.0 Å². The molecule has 59 heavy (non-hydrogen) atoms. The Hall–Kier alpha value is -6.90. The van der Waals surface area contributed by atoms with E-state index >= 15 is 0 Å². The predicted octanol–water partition coefficient (Wildman–Crippen LogP) is 7.29. The normalized spacial score (nSPS) is 11.6. The molecule has 2 amide bonds. The molecule has 0 atom stereocenters. The van der Waals surface area contributed by atoms with Gasteiger partial charge in [-0.05, 0) is 110 Å². The van der Waals surface area contributed by atoms with Crippen molar-refractivity contribution in [2.24, 2.45) is 10.2 Å². The quantitative estimate of drug-likeness (QED) is 0.0192. The van der Waals surface area contributed by atoms with E-state index in [1.54, 1.807) is 60.7 Å². The fraction of sp³-hybridized carbons (Fsp3) is 0.244. The molecule has 3 N–H and O–H groups in total. The summed E-state index contributed by atoms with van der Waals surface area (Å²) in [5, 5.41) is 24.1. The lowest BCUT2D eigenvalue weighted by Gasteiger charge is -2.21. The largest absolute Gasteiger partial charge is 0.460 e. The number of carbonyl (C=O) groups excluding carboxylic acids is 3. The Balaban J connectivity index is 1.02. The highest BCUT2D eigenvalue weighted by Crippen LogP contribution is 2.24. The van der Waals surface area contributed by atoms with E-state index < -0.39 is 17.5 Å². The van der Waals surface area contributed by atoms with Crippen molar-refractivity contribution in [2.75, 3.05) is 75.3 Å². The van der Waals surface area contributed by atoms with Crippen molar-refractivity contribution in [3.63, 3.8) is 0 Å². The molecule has 0 radical (unpaired) electrons.